The van der Waals surface area contributed by atoms with E-state index in [4.69, 9.17) is 4.74 Å². The van der Waals surface area contributed by atoms with Gasteiger partial charge in [-0.25, -0.2) is 0 Å². The van der Waals surface area contributed by atoms with E-state index in [-0.39, 0.29) is 11.7 Å². The van der Waals surface area contributed by atoms with E-state index in [1.54, 1.807) is 31.2 Å². The standard InChI is InChI=1S/C17H19NO3/c1-11-5-4-6-14(9-11)21-13(3)17(20)18-15-10-12(2)7-8-16(15)19/h4-10,13,19H,1-3H3,(H,18,20)/t13-/m0/s1. The number of hydrogen-bond donors (Lipinski definition) is 2. The first kappa shape index (κ1) is 14.9. The maximum absolute atomic E-state index is 12.1. The number of aryl methyl sites for hydroxylation is 2. The zero-order valence-electron chi connectivity index (χ0n) is 12.4. The lowest BCUT2D eigenvalue weighted by Crippen LogP contribution is -2.30. The lowest BCUT2D eigenvalue weighted by molar-refractivity contribution is -0.122. The van der Waals surface area contributed by atoms with E-state index in [9.17, 15) is 9.90 Å². The molecule has 1 amide bonds. The van der Waals surface area contributed by atoms with Crippen molar-refractivity contribution in [3.63, 3.8) is 0 Å². The number of aromatic hydroxyl groups is 1. The van der Waals surface area contributed by atoms with Crippen molar-refractivity contribution in [2.24, 2.45) is 0 Å². The third kappa shape index (κ3) is 3.99. The molecular weight excluding hydrogens is 266 g/mol. The molecule has 2 aromatic rings. The van der Waals surface area contributed by atoms with Gasteiger partial charge in [-0.3, -0.25) is 4.79 Å². The Morgan fingerprint density at radius 1 is 1.14 bits per heavy atom. The summed E-state index contributed by atoms with van der Waals surface area (Å²) < 4.78 is 5.61. The summed E-state index contributed by atoms with van der Waals surface area (Å²) in [6.45, 7) is 5.52. The highest BCUT2D eigenvalue weighted by Crippen LogP contribution is 2.24. The van der Waals surface area contributed by atoms with Crippen molar-refractivity contribution in [2.45, 2.75) is 26.9 Å². The highest BCUT2D eigenvalue weighted by atomic mass is 16.5. The molecule has 0 aliphatic carbocycles. The summed E-state index contributed by atoms with van der Waals surface area (Å²) in [5.41, 5.74) is 2.41. The molecule has 0 aromatic heterocycles. The van der Waals surface area contributed by atoms with E-state index in [1.807, 2.05) is 32.0 Å². The number of phenols is 1. The minimum Gasteiger partial charge on any atom is -0.506 e. The summed E-state index contributed by atoms with van der Waals surface area (Å²) >= 11 is 0. The van der Waals surface area contributed by atoms with Crippen molar-refractivity contribution in [3.8, 4) is 11.5 Å². The van der Waals surface area contributed by atoms with Crippen molar-refractivity contribution < 1.29 is 14.6 Å². The number of amides is 1. The van der Waals surface area contributed by atoms with Gasteiger partial charge in [0.1, 0.15) is 11.5 Å². The molecule has 0 saturated heterocycles. The number of ether oxygens (including phenoxy) is 1. The van der Waals surface area contributed by atoms with E-state index in [0.29, 0.717) is 11.4 Å². The first-order valence-electron chi connectivity index (χ1n) is 6.79. The van der Waals surface area contributed by atoms with Gasteiger partial charge in [-0.2, -0.15) is 0 Å². The van der Waals surface area contributed by atoms with Gasteiger partial charge in [-0.05, 0) is 56.2 Å². The van der Waals surface area contributed by atoms with Crippen LogP contribution in [0.1, 0.15) is 18.1 Å². The fraction of sp³-hybridized carbons (Fsp3) is 0.235. The molecule has 0 bridgehead atoms. The molecule has 0 aliphatic heterocycles. The summed E-state index contributed by atoms with van der Waals surface area (Å²) in [4.78, 5) is 12.1. The summed E-state index contributed by atoms with van der Waals surface area (Å²) in [6.07, 6.45) is -0.660. The minimum atomic E-state index is -0.660. The van der Waals surface area contributed by atoms with Gasteiger partial charge in [0, 0.05) is 0 Å². The number of carbonyl (C=O) groups excluding carboxylic acids is 1. The number of anilines is 1. The van der Waals surface area contributed by atoms with Crippen LogP contribution in [0.3, 0.4) is 0 Å². The Balaban J connectivity index is 2.04. The Morgan fingerprint density at radius 2 is 1.86 bits per heavy atom. The molecule has 110 valence electrons. The third-order valence-electron chi connectivity index (χ3n) is 3.08. The summed E-state index contributed by atoms with van der Waals surface area (Å²) in [5.74, 6) is 0.375. The van der Waals surface area contributed by atoms with Gasteiger partial charge in [0.25, 0.3) is 5.91 Å². The Hall–Kier alpha value is -2.49. The van der Waals surface area contributed by atoms with Crippen LogP contribution in [0.15, 0.2) is 42.5 Å². The van der Waals surface area contributed by atoms with Crippen LogP contribution in [0.2, 0.25) is 0 Å². The van der Waals surface area contributed by atoms with E-state index in [1.165, 1.54) is 0 Å². The molecule has 4 heteroatoms. The predicted molar refractivity (Wildman–Crippen MR) is 82.7 cm³/mol. The van der Waals surface area contributed by atoms with Gasteiger partial charge in [0.15, 0.2) is 6.10 Å². The first-order valence-corrected chi connectivity index (χ1v) is 6.79. The molecule has 2 rings (SSSR count). The van der Waals surface area contributed by atoms with Crippen LogP contribution in [-0.4, -0.2) is 17.1 Å². The molecule has 2 N–H and O–H groups in total. The maximum Gasteiger partial charge on any atom is 0.265 e. The number of phenolic OH excluding ortho intramolecular Hbond substituents is 1. The lowest BCUT2D eigenvalue weighted by atomic mass is 10.2. The first-order chi connectivity index (χ1) is 9.95. The second kappa shape index (κ2) is 6.31. The van der Waals surface area contributed by atoms with Crippen LogP contribution in [0, 0.1) is 13.8 Å². The maximum atomic E-state index is 12.1. The highest BCUT2D eigenvalue weighted by molar-refractivity contribution is 5.95. The average molecular weight is 285 g/mol. The molecule has 0 heterocycles. The molecule has 4 nitrogen and oxygen atoms in total. The zero-order valence-corrected chi connectivity index (χ0v) is 12.4. The van der Waals surface area contributed by atoms with E-state index in [0.717, 1.165) is 11.1 Å². The van der Waals surface area contributed by atoms with Crippen LogP contribution >= 0.6 is 0 Å². The quantitative estimate of drug-likeness (QED) is 0.846. The largest absolute Gasteiger partial charge is 0.506 e. The van der Waals surface area contributed by atoms with Gasteiger partial charge in [0.2, 0.25) is 0 Å². The van der Waals surface area contributed by atoms with Gasteiger partial charge in [-0.1, -0.05) is 18.2 Å². The second-order valence-electron chi connectivity index (χ2n) is 5.09. The average Bonchev–Trinajstić information content (AvgIpc) is 2.43. The van der Waals surface area contributed by atoms with Crippen molar-refractivity contribution >= 4 is 11.6 Å². The van der Waals surface area contributed by atoms with Crippen LogP contribution in [-0.2, 0) is 4.79 Å². The molecule has 0 spiro atoms. The van der Waals surface area contributed by atoms with Gasteiger partial charge < -0.3 is 15.2 Å². The molecule has 0 unspecified atom stereocenters. The number of rotatable bonds is 4. The third-order valence-corrected chi connectivity index (χ3v) is 3.08. The molecule has 0 fully saturated rings. The van der Waals surface area contributed by atoms with Crippen molar-refractivity contribution in [1.82, 2.24) is 0 Å². The van der Waals surface area contributed by atoms with Gasteiger partial charge >= 0.3 is 0 Å². The fourth-order valence-corrected chi connectivity index (χ4v) is 1.93. The van der Waals surface area contributed by atoms with Crippen LogP contribution in [0.4, 0.5) is 5.69 Å². The van der Waals surface area contributed by atoms with E-state index < -0.39 is 6.10 Å². The van der Waals surface area contributed by atoms with E-state index >= 15 is 0 Å². The highest BCUT2D eigenvalue weighted by Gasteiger charge is 2.16. The molecule has 1 atom stereocenters. The molecule has 21 heavy (non-hydrogen) atoms. The Labute approximate surface area is 124 Å². The molecule has 0 radical (unpaired) electrons. The lowest BCUT2D eigenvalue weighted by Gasteiger charge is -2.16. The Kier molecular flexibility index (Phi) is 4.48. The SMILES string of the molecule is Cc1cccc(O[C@@H](C)C(=O)Nc2cc(C)ccc2O)c1. The van der Waals surface area contributed by atoms with Crippen molar-refractivity contribution in [2.75, 3.05) is 5.32 Å². The zero-order chi connectivity index (χ0) is 15.4. The predicted octanol–water partition coefficient (Wildman–Crippen LogP) is 3.42. The number of nitrogens with one attached hydrogen (secondary N) is 1. The van der Waals surface area contributed by atoms with E-state index in [2.05, 4.69) is 5.32 Å². The molecule has 0 saturated carbocycles. The van der Waals surface area contributed by atoms with Crippen LogP contribution in [0.25, 0.3) is 0 Å². The summed E-state index contributed by atoms with van der Waals surface area (Å²) in [7, 11) is 0. The van der Waals surface area contributed by atoms with Crippen molar-refractivity contribution in [1.29, 1.82) is 0 Å². The van der Waals surface area contributed by atoms with Crippen LogP contribution in [0.5, 0.6) is 11.5 Å². The Morgan fingerprint density at radius 3 is 2.57 bits per heavy atom. The molecular formula is C17H19NO3. The molecule has 0 aliphatic rings. The van der Waals surface area contributed by atoms with Crippen molar-refractivity contribution in [3.05, 3.63) is 53.6 Å². The Bertz CT molecular complexity index is 652. The summed E-state index contributed by atoms with van der Waals surface area (Å²) in [5, 5.41) is 12.4. The summed E-state index contributed by atoms with van der Waals surface area (Å²) in [6, 6.07) is 12.6. The second-order valence-corrected chi connectivity index (χ2v) is 5.09. The normalized spacial score (nSPS) is 11.8. The topological polar surface area (TPSA) is 58.6 Å². The number of hydrogen-bond acceptors (Lipinski definition) is 3. The fourth-order valence-electron chi connectivity index (χ4n) is 1.93. The number of benzene rings is 2. The molecule has 2 aromatic carbocycles. The van der Waals surface area contributed by atoms with Crippen LogP contribution < -0.4 is 10.1 Å². The monoisotopic (exact) mass is 285 g/mol. The number of carbonyl (C=O) groups is 1. The van der Waals surface area contributed by atoms with Gasteiger partial charge in [-0.15, -0.1) is 0 Å². The smallest absolute Gasteiger partial charge is 0.265 e. The van der Waals surface area contributed by atoms with Gasteiger partial charge in [0.05, 0.1) is 5.69 Å². The minimum absolute atomic E-state index is 0.0386.